The van der Waals surface area contributed by atoms with Crippen LogP contribution in [0.2, 0.25) is 0 Å². The maximum Gasteiger partial charge on any atom is 0.193 e. The molecule has 7 heteroatoms. The summed E-state index contributed by atoms with van der Waals surface area (Å²) in [5.41, 5.74) is 0.893. The van der Waals surface area contributed by atoms with Gasteiger partial charge in [-0.3, -0.25) is 9.39 Å². The molecule has 1 fully saturated rings. The highest BCUT2D eigenvalue weighted by Gasteiger charge is 2.22. The molecule has 2 aromatic heterocycles. The Bertz CT molecular complexity index is 946. The highest BCUT2D eigenvalue weighted by molar-refractivity contribution is 5.80. The summed E-state index contributed by atoms with van der Waals surface area (Å²) in [4.78, 5) is 7.21. The van der Waals surface area contributed by atoms with Crippen molar-refractivity contribution in [2.45, 2.75) is 38.7 Å². The second-order valence-electron chi connectivity index (χ2n) is 7.50. The SMILES string of the molecule is CCNC(=NCCCc1nnc2ccccn12)N1CCC(Oc2ccccc2)CC1. The quantitative estimate of drug-likeness (QED) is 0.371. The monoisotopic (exact) mass is 406 g/mol. The summed E-state index contributed by atoms with van der Waals surface area (Å²) in [7, 11) is 0. The second-order valence-corrected chi connectivity index (χ2v) is 7.50. The van der Waals surface area contributed by atoms with Gasteiger partial charge >= 0.3 is 0 Å². The van der Waals surface area contributed by atoms with E-state index >= 15 is 0 Å². The maximum absolute atomic E-state index is 6.12. The summed E-state index contributed by atoms with van der Waals surface area (Å²) >= 11 is 0. The average molecular weight is 407 g/mol. The van der Waals surface area contributed by atoms with Crippen LogP contribution in [-0.2, 0) is 6.42 Å². The molecule has 1 aliphatic heterocycles. The van der Waals surface area contributed by atoms with Crippen molar-refractivity contribution in [3.8, 4) is 5.75 Å². The predicted octanol–water partition coefficient (Wildman–Crippen LogP) is 3.17. The van der Waals surface area contributed by atoms with Gasteiger partial charge < -0.3 is 15.0 Å². The molecule has 1 saturated heterocycles. The van der Waals surface area contributed by atoms with Crippen molar-refractivity contribution in [2.24, 2.45) is 4.99 Å². The van der Waals surface area contributed by atoms with E-state index in [0.717, 1.165) is 75.0 Å². The lowest BCUT2D eigenvalue weighted by atomic mass is 10.1. The Hall–Kier alpha value is -3.09. The van der Waals surface area contributed by atoms with E-state index in [4.69, 9.17) is 9.73 Å². The fourth-order valence-corrected chi connectivity index (χ4v) is 3.79. The van der Waals surface area contributed by atoms with Crippen molar-refractivity contribution >= 4 is 11.6 Å². The number of aromatic nitrogens is 3. The van der Waals surface area contributed by atoms with Crippen molar-refractivity contribution in [2.75, 3.05) is 26.2 Å². The lowest BCUT2D eigenvalue weighted by Crippen LogP contribution is -2.47. The van der Waals surface area contributed by atoms with Crippen LogP contribution in [0.5, 0.6) is 5.75 Å². The van der Waals surface area contributed by atoms with Gasteiger partial charge in [0.05, 0.1) is 0 Å². The molecule has 7 nitrogen and oxygen atoms in total. The van der Waals surface area contributed by atoms with Gasteiger partial charge in [0.15, 0.2) is 11.6 Å². The number of aryl methyl sites for hydroxylation is 1. The first kappa shape index (κ1) is 20.2. The van der Waals surface area contributed by atoms with E-state index in [1.165, 1.54) is 0 Å². The van der Waals surface area contributed by atoms with Crippen molar-refractivity contribution in [1.82, 2.24) is 24.8 Å². The molecule has 0 amide bonds. The van der Waals surface area contributed by atoms with Crippen LogP contribution in [0, 0.1) is 0 Å². The maximum atomic E-state index is 6.12. The fraction of sp³-hybridized carbons (Fsp3) is 0.435. The van der Waals surface area contributed by atoms with Gasteiger partial charge in [-0.2, -0.15) is 0 Å². The number of rotatable bonds is 7. The number of pyridine rings is 1. The lowest BCUT2D eigenvalue weighted by molar-refractivity contribution is 0.129. The van der Waals surface area contributed by atoms with Gasteiger partial charge in [-0.05, 0) is 37.6 Å². The van der Waals surface area contributed by atoms with E-state index in [1.807, 2.05) is 59.1 Å². The van der Waals surface area contributed by atoms with Crippen molar-refractivity contribution < 1.29 is 4.74 Å². The lowest BCUT2D eigenvalue weighted by Gasteiger charge is -2.34. The Balaban J connectivity index is 1.27. The minimum Gasteiger partial charge on any atom is -0.490 e. The molecular formula is C23H30N6O. The Morgan fingerprint density at radius 1 is 1.10 bits per heavy atom. The number of nitrogens with one attached hydrogen (secondary N) is 1. The van der Waals surface area contributed by atoms with Gasteiger partial charge in [0.2, 0.25) is 0 Å². The molecule has 0 spiro atoms. The van der Waals surface area contributed by atoms with Crippen LogP contribution in [0.25, 0.3) is 5.65 Å². The second kappa shape index (κ2) is 10.1. The van der Waals surface area contributed by atoms with Gasteiger partial charge in [0.25, 0.3) is 0 Å². The third kappa shape index (κ3) is 5.09. The molecule has 1 aliphatic rings. The Morgan fingerprint density at radius 2 is 1.90 bits per heavy atom. The highest BCUT2D eigenvalue weighted by Crippen LogP contribution is 2.18. The third-order valence-electron chi connectivity index (χ3n) is 5.33. The number of nitrogens with zero attached hydrogens (tertiary/aromatic N) is 5. The molecular weight excluding hydrogens is 376 g/mol. The first-order chi connectivity index (χ1) is 14.8. The number of hydrogen-bond donors (Lipinski definition) is 1. The normalized spacial score (nSPS) is 15.5. The zero-order valence-corrected chi connectivity index (χ0v) is 17.6. The van der Waals surface area contributed by atoms with E-state index in [1.54, 1.807) is 0 Å². The summed E-state index contributed by atoms with van der Waals surface area (Å²) in [6.07, 6.45) is 6.10. The molecule has 0 aliphatic carbocycles. The van der Waals surface area contributed by atoms with Gasteiger partial charge in [-0.15, -0.1) is 10.2 Å². The van der Waals surface area contributed by atoms with Gasteiger partial charge in [0.1, 0.15) is 17.7 Å². The predicted molar refractivity (Wildman–Crippen MR) is 119 cm³/mol. The van der Waals surface area contributed by atoms with Crippen LogP contribution in [-0.4, -0.2) is 57.7 Å². The minimum absolute atomic E-state index is 0.271. The molecule has 0 radical (unpaired) electrons. The third-order valence-corrected chi connectivity index (χ3v) is 5.33. The molecule has 0 atom stereocenters. The topological polar surface area (TPSA) is 67.0 Å². The van der Waals surface area contributed by atoms with Gasteiger partial charge in [-0.1, -0.05) is 24.3 Å². The number of guanidine groups is 1. The Morgan fingerprint density at radius 3 is 2.70 bits per heavy atom. The number of ether oxygens (including phenoxy) is 1. The zero-order valence-electron chi connectivity index (χ0n) is 17.6. The van der Waals surface area contributed by atoms with E-state index in [2.05, 4.69) is 27.3 Å². The van der Waals surface area contributed by atoms with Crippen molar-refractivity contribution in [3.05, 3.63) is 60.6 Å². The van der Waals surface area contributed by atoms with Crippen molar-refractivity contribution in [3.63, 3.8) is 0 Å². The zero-order chi connectivity index (χ0) is 20.6. The van der Waals surface area contributed by atoms with Crippen LogP contribution in [0.1, 0.15) is 32.0 Å². The molecule has 1 N–H and O–H groups in total. The Labute approximate surface area is 177 Å². The standard InChI is InChI=1S/C23H30N6O/c1-2-24-23(25-15-8-12-22-27-26-21-11-6-7-16-29(21)22)28-17-13-20(14-18-28)30-19-9-4-3-5-10-19/h3-7,9-11,16,20H,2,8,12-15,17-18H2,1H3,(H,24,25). The summed E-state index contributed by atoms with van der Waals surface area (Å²) in [6, 6.07) is 16.1. The van der Waals surface area contributed by atoms with Crippen LogP contribution < -0.4 is 10.1 Å². The molecule has 30 heavy (non-hydrogen) atoms. The molecule has 3 heterocycles. The molecule has 4 rings (SSSR count). The van der Waals surface area contributed by atoms with E-state index in [-0.39, 0.29) is 6.10 Å². The molecule has 158 valence electrons. The molecule has 0 unspecified atom stereocenters. The van der Waals surface area contributed by atoms with Crippen LogP contribution in [0.15, 0.2) is 59.7 Å². The summed E-state index contributed by atoms with van der Waals surface area (Å²) in [5, 5.41) is 12.0. The van der Waals surface area contributed by atoms with E-state index < -0.39 is 0 Å². The van der Waals surface area contributed by atoms with Crippen molar-refractivity contribution in [1.29, 1.82) is 0 Å². The number of aliphatic imine (C=N–C) groups is 1. The Kier molecular flexibility index (Phi) is 6.79. The summed E-state index contributed by atoms with van der Waals surface area (Å²) in [6.45, 7) is 5.66. The highest BCUT2D eigenvalue weighted by atomic mass is 16.5. The van der Waals surface area contributed by atoms with Crippen LogP contribution in [0.3, 0.4) is 0 Å². The summed E-state index contributed by atoms with van der Waals surface area (Å²) < 4.78 is 8.16. The molecule has 0 saturated carbocycles. The largest absolute Gasteiger partial charge is 0.490 e. The first-order valence-electron chi connectivity index (χ1n) is 10.9. The number of para-hydroxylation sites is 1. The number of likely N-dealkylation sites (tertiary alicyclic amines) is 1. The van der Waals surface area contributed by atoms with E-state index in [0.29, 0.717) is 0 Å². The smallest absolute Gasteiger partial charge is 0.193 e. The van der Waals surface area contributed by atoms with Crippen LogP contribution >= 0.6 is 0 Å². The summed E-state index contributed by atoms with van der Waals surface area (Å²) in [5.74, 6) is 2.95. The fourth-order valence-electron chi connectivity index (χ4n) is 3.79. The van der Waals surface area contributed by atoms with Gasteiger partial charge in [-0.25, -0.2) is 0 Å². The molecule has 0 bridgehead atoms. The van der Waals surface area contributed by atoms with Gasteiger partial charge in [0, 0.05) is 51.6 Å². The minimum atomic E-state index is 0.271. The number of piperidine rings is 1. The number of fused-ring (bicyclic) bond motifs is 1. The molecule has 3 aromatic rings. The van der Waals surface area contributed by atoms with Crippen LogP contribution in [0.4, 0.5) is 0 Å². The first-order valence-corrected chi connectivity index (χ1v) is 10.9. The molecule has 1 aromatic carbocycles. The average Bonchev–Trinajstić information content (AvgIpc) is 3.20. The van der Waals surface area contributed by atoms with E-state index in [9.17, 15) is 0 Å². The number of hydrogen-bond acceptors (Lipinski definition) is 4. The number of benzene rings is 1.